The Bertz CT molecular complexity index is 580. The SMILES string of the molecule is Cc1cc2oc(C3CCCCC3)nc2c(C)c1N. The molecular formula is C15H20N2O. The fourth-order valence-electron chi connectivity index (χ4n) is 2.94. The molecule has 0 aliphatic heterocycles. The number of nitrogens with two attached hydrogens (primary N) is 1. The first-order valence-corrected chi connectivity index (χ1v) is 6.83. The minimum atomic E-state index is 0.507. The molecule has 1 heterocycles. The smallest absolute Gasteiger partial charge is 0.198 e. The lowest BCUT2D eigenvalue weighted by molar-refractivity contribution is 0.373. The summed E-state index contributed by atoms with van der Waals surface area (Å²) in [5.74, 6) is 1.42. The summed E-state index contributed by atoms with van der Waals surface area (Å²) in [6, 6.07) is 2.01. The van der Waals surface area contributed by atoms with Crippen LogP contribution in [0.3, 0.4) is 0 Å². The first kappa shape index (κ1) is 11.6. The second-order valence-corrected chi connectivity index (χ2v) is 5.47. The average Bonchev–Trinajstić information content (AvgIpc) is 2.81. The van der Waals surface area contributed by atoms with Gasteiger partial charge in [0.25, 0.3) is 0 Å². The van der Waals surface area contributed by atoms with Crippen LogP contribution < -0.4 is 5.73 Å². The van der Waals surface area contributed by atoms with E-state index >= 15 is 0 Å². The summed E-state index contributed by atoms with van der Waals surface area (Å²) in [6.45, 7) is 4.04. The van der Waals surface area contributed by atoms with Crippen molar-refractivity contribution in [3.63, 3.8) is 0 Å². The summed E-state index contributed by atoms with van der Waals surface area (Å²) >= 11 is 0. The molecule has 0 amide bonds. The second-order valence-electron chi connectivity index (χ2n) is 5.47. The maximum absolute atomic E-state index is 6.05. The minimum Gasteiger partial charge on any atom is -0.440 e. The lowest BCUT2D eigenvalue weighted by Crippen LogP contribution is -2.04. The maximum Gasteiger partial charge on any atom is 0.198 e. The standard InChI is InChI=1S/C15H20N2O/c1-9-8-12-14(10(2)13(9)16)17-15(18-12)11-6-4-3-5-7-11/h8,11H,3-7,16H2,1-2H3. The second kappa shape index (κ2) is 4.30. The molecule has 1 saturated carbocycles. The lowest BCUT2D eigenvalue weighted by Gasteiger charge is -2.17. The predicted molar refractivity (Wildman–Crippen MR) is 73.7 cm³/mol. The summed E-state index contributed by atoms with van der Waals surface area (Å²) < 4.78 is 5.96. The van der Waals surface area contributed by atoms with Gasteiger partial charge in [-0.1, -0.05) is 19.3 Å². The number of aromatic nitrogens is 1. The molecule has 3 rings (SSSR count). The molecule has 1 aromatic carbocycles. The molecule has 3 nitrogen and oxygen atoms in total. The molecule has 0 bridgehead atoms. The maximum atomic E-state index is 6.05. The molecule has 2 aromatic rings. The monoisotopic (exact) mass is 244 g/mol. The lowest BCUT2D eigenvalue weighted by atomic mass is 9.89. The summed E-state index contributed by atoms with van der Waals surface area (Å²) in [7, 11) is 0. The number of fused-ring (bicyclic) bond motifs is 1. The number of nitrogen functional groups attached to an aromatic ring is 1. The van der Waals surface area contributed by atoms with Crippen molar-refractivity contribution in [3.05, 3.63) is 23.1 Å². The van der Waals surface area contributed by atoms with Gasteiger partial charge in [0, 0.05) is 17.2 Å². The average molecular weight is 244 g/mol. The van der Waals surface area contributed by atoms with Crippen molar-refractivity contribution in [2.24, 2.45) is 0 Å². The third-order valence-corrected chi connectivity index (χ3v) is 4.16. The van der Waals surface area contributed by atoms with Crippen molar-refractivity contribution >= 4 is 16.8 Å². The Morgan fingerprint density at radius 3 is 2.67 bits per heavy atom. The van der Waals surface area contributed by atoms with Crippen LogP contribution in [0.2, 0.25) is 0 Å². The van der Waals surface area contributed by atoms with Gasteiger partial charge in [0.05, 0.1) is 0 Å². The molecule has 0 radical (unpaired) electrons. The molecule has 3 heteroatoms. The number of nitrogens with zero attached hydrogens (tertiary/aromatic N) is 1. The van der Waals surface area contributed by atoms with Crippen LogP contribution in [-0.2, 0) is 0 Å². The van der Waals surface area contributed by atoms with Crippen molar-refractivity contribution in [1.82, 2.24) is 4.98 Å². The van der Waals surface area contributed by atoms with Crippen LogP contribution in [0.4, 0.5) is 5.69 Å². The predicted octanol–water partition coefficient (Wildman–Crippen LogP) is 4.07. The number of hydrogen-bond acceptors (Lipinski definition) is 3. The molecule has 0 atom stereocenters. The van der Waals surface area contributed by atoms with Crippen LogP contribution in [-0.4, -0.2) is 4.98 Å². The first-order chi connectivity index (χ1) is 8.66. The molecule has 1 fully saturated rings. The van der Waals surface area contributed by atoms with Crippen molar-refractivity contribution in [2.45, 2.75) is 51.9 Å². The highest BCUT2D eigenvalue weighted by molar-refractivity contribution is 5.83. The molecule has 1 aliphatic carbocycles. The number of rotatable bonds is 1. The first-order valence-electron chi connectivity index (χ1n) is 6.83. The van der Waals surface area contributed by atoms with Gasteiger partial charge in [0.1, 0.15) is 5.52 Å². The Kier molecular flexibility index (Phi) is 2.77. The van der Waals surface area contributed by atoms with Crippen LogP contribution in [0.1, 0.15) is 55.0 Å². The fourth-order valence-corrected chi connectivity index (χ4v) is 2.94. The highest BCUT2D eigenvalue weighted by Gasteiger charge is 2.22. The zero-order valence-electron chi connectivity index (χ0n) is 11.1. The summed E-state index contributed by atoms with van der Waals surface area (Å²) in [5, 5.41) is 0. The van der Waals surface area contributed by atoms with Gasteiger partial charge in [-0.15, -0.1) is 0 Å². The number of anilines is 1. The van der Waals surface area contributed by atoms with E-state index in [-0.39, 0.29) is 0 Å². The van der Waals surface area contributed by atoms with Crippen LogP contribution in [0.25, 0.3) is 11.1 Å². The number of oxazole rings is 1. The summed E-state index contributed by atoms with van der Waals surface area (Å²) in [5.41, 5.74) is 10.9. The fraction of sp³-hybridized carbons (Fsp3) is 0.533. The minimum absolute atomic E-state index is 0.507. The third kappa shape index (κ3) is 1.78. The van der Waals surface area contributed by atoms with Crippen molar-refractivity contribution in [2.75, 3.05) is 5.73 Å². The van der Waals surface area contributed by atoms with Crippen LogP contribution in [0.15, 0.2) is 10.5 Å². The molecular weight excluding hydrogens is 224 g/mol. The highest BCUT2D eigenvalue weighted by Crippen LogP contribution is 2.35. The van der Waals surface area contributed by atoms with Crippen molar-refractivity contribution in [1.29, 1.82) is 0 Å². The van der Waals surface area contributed by atoms with Gasteiger partial charge in [0.15, 0.2) is 11.5 Å². The molecule has 18 heavy (non-hydrogen) atoms. The van der Waals surface area contributed by atoms with Gasteiger partial charge in [-0.05, 0) is 38.3 Å². The van der Waals surface area contributed by atoms with Crippen molar-refractivity contribution in [3.8, 4) is 0 Å². The van der Waals surface area contributed by atoms with Gasteiger partial charge in [-0.2, -0.15) is 0 Å². The van der Waals surface area contributed by atoms with Crippen LogP contribution >= 0.6 is 0 Å². The molecule has 0 saturated heterocycles. The quantitative estimate of drug-likeness (QED) is 0.769. The zero-order valence-corrected chi connectivity index (χ0v) is 11.1. The molecule has 96 valence electrons. The molecule has 1 aromatic heterocycles. The van der Waals surface area contributed by atoms with Gasteiger partial charge in [-0.3, -0.25) is 0 Å². The molecule has 0 unspecified atom stereocenters. The molecule has 0 spiro atoms. The van der Waals surface area contributed by atoms with E-state index in [4.69, 9.17) is 15.1 Å². The number of aryl methyl sites for hydroxylation is 2. The van der Waals surface area contributed by atoms with Gasteiger partial charge in [-0.25, -0.2) is 4.98 Å². The summed E-state index contributed by atoms with van der Waals surface area (Å²) in [6.07, 6.45) is 6.36. The van der Waals surface area contributed by atoms with Gasteiger partial charge < -0.3 is 10.2 Å². The Morgan fingerprint density at radius 1 is 1.22 bits per heavy atom. The largest absolute Gasteiger partial charge is 0.440 e. The van der Waals surface area contributed by atoms with Crippen LogP contribution in [0, 0.1) is 13.8 Å². The van der Waals surface area contributed by atoms with E-state index in [0.717, 1.165) is 33.8 Å². The van der Waals surface area contributed by atoms with Crippen molar-refractivity contribution < 1.29 is 4.42 Å². The Morgan fingerprint density at radius 2 is 1.94 bits per heavy atom. The molecule has 1 aliphatic rings. The highest BCUT2D eigenvalue weighted by atomic mass is 16.3. The Balaban J connectivity index is 2.07. The third-order valence-electron chi connectivity index (χ3n) is 4.16. The number of hydrogen-bond donors (Lipinski definition) is 1. The van der Waals surface area contributed by atoms with E-state index < -0.39 is 0 Å². The van der Waals surface area contributed by atoms with E-state index in [1.807, 2.05) is 19.9 Å². The molecule has 2 N–H and O–H groups in total. The summed E-state index contributed by atoms with van der Waals surface area (Å²) in [4.78, 5) is 4.69. The van der Waals surface area contributed by atoms with E-state index in [0.29, 0.717) is 5.92 Å². The van der Waals surface area contributed by atoms with E-state index in [1.165, 1.54) is 32.1 Å². The van der Waals surface area contributed by atoms with E-state index in [9.17, 15) is 0 Å². The topological polar surface area (TPSA) is 52.0 Å². The van der Waals surface area contributed by atoms with Gasteiger partial charge in [0.2, 0.25) is 0 Å². The Labute approximate surface area is 107 Å². The number of benzene rings is 1. The Hall–Kier alpha value is -1.51. The van der Waals surface area contributed by atoms with E-state index in [1.54, 1.807) is 0 Å². The van der Waals surface area contributed by atoms with Gasteiger partial charge >= 0.3 is 0 Å². The van der Waals surface area contributed by atoms with E-state index in [2.05, 4.69) is 0 Å². The van der Waals surface area contributed by atoms with Crippen LogP contribution in [0.5, 0.6) is 0 Å². The zero-order chi connectivity index (χ0) is 12.7. The normalized spacial score (nSPS) is 17.4.